The van der Waals surface area contributed by atoms with Crippen LogP contribution >= 0.6 is 0 Å². The maximum absolute atomic E-state index is 13.1. The molecule has 0 aliphatic heterocycles. The fourth-order valence-corrected chi connectivity index (χ4v) is 3.18. The zero-order valence-corrected chi connectivity index (χ0v) is 18.7. The number of carbonyl (C=O) groups excluding carboxylic acids is 1. The SMILES string of the molecule is COCC(C)Oc1cc(C(=O)N[C@H](C)c2ccc(C)nc2)cc(-c2ccc(C)cn2)c1. The molecule has 0 aliphatic rings. The third-order valence-electron chi connectivity index (χ3n) is 4.90. The van der Waals surface area contributed by atoms with Crippen molar-refractivity contribution in [3.63, 3.8) is 0 Å². The van der Waals surface area contributed by atoms with Gasteiger partial charge >= 0.3 is 0 Å². The zero-order valence-electron chi connectivity index (χ0n) is 18.7. The van der Waals surface area contributed by atoms with Gasteiger partial charge in [-0.15, -0.1) is 0 Å². The molecule has 31 heavy (non-hydrogen) atoms. The van der Waals surface area contributed by atoms with Gasteiger partial charge in [-0.25, -0.2) is 0 Å². The summed E-state index contributed by atoms with van der Waals surface area (Å²) >= 11 is 0. The van der Waals surface area contributed by atoms with Crippen LogP contribution in [0.25, 0.3) is 11.3 Å². The van der Waals surface area contributed by atoms with Gasteiger partial charge in [0.2, 0.25) is 0 Å². The average molecular weight is 420 g/mol. The Morgan fingerprint density at radius 1 is 1.03 bits per heavy atom. The number of nitrogens with zero attached hydrogens (tertiary/aromatic N) is 2. The van der Waals surface area contributed by atoms with E-state index in [1.54, 1.807) is 19.4 Å². The van der Waals surface area contributed by atoms with E-state index in [1.807, 2.05) is 70.3 Å². The molecule has 1 unspecified atom stereocenters. The maximum Gasteiger partial charge on any atom is 0.251 e. The van der Waals surface area contributed by atoms with Crippen molar-refractivity contribution >= 4 is 5.91 Å². The quantitative estimate of drug-likeness (QED) is 0.575. The average Bonchev–Trinajstić information content (AvgIpc) is 2.74. The first-order chi connectivity index (χ1) is 14.9. The van der Waals surface area contributed by atoms with Crippen LogP contribution in [0.1, 0.15) is 47.1 Å². The van der Waals surface area contributed by atoms with Gasteiger partial charge < -0.3 is 14.8 Å². The molecule has 1 N–H and O–H groups in total. The summed E-state index contributed by atoms with van der Waals surface area (Å²) < 4.78 is 11.2. The summed E-state index contributed by atoms with van der Waals surface area (Å²) in [5, 5.41) is 3.05. The fourth-order valence-electron chi connectivity index (χ4n) is 3.18. The van der Waals surface area contributed by atoms with Gasteiger partial charge in [-0.2, -0.15) is 0 Å². The Hall–Kier alpha value is -3.25. The van der Waals surface area contributed by atoms with E-state index in [4.69, 9.17) is 9.47 Å². The highest BCUT2D eigenvalue weighted by Crippen LogP contribution is 2.26. The van der Waals surface area contributed by atoms with E-state index < -0.39 is 0 Å². The Morgan fingerprint density at radius 3 is 2.48 bits per heavy atom. The highest BCUT2D eigenvalue weighted by molar-refractivity contribution is 5.96. The van der Waals surface area contributed by atoms with E-state index in [-0.39, 0.29) is 18.1 Å². The predicted octanol–water partition coefficient (Wildman–Crippen LogP) is 4.67. The molecule has 2 atom stereocenters. The third-order valence-corrected chi connectivity index (χ3v) is 4.90. The molecule has 0 saturated carbocycles. The van der Waals surface area contributed by atoms with Crippen molar-refractivity contribution in [2.75, 3.05) is 13.7 Å². The molecule has 0 aliphatic carbocycles. The number of pyridine rings is 2. The van der Waals surface area contributed by atoms with Gasteiger partial charge in [0.05, 0.1) is 18.3 Å². The van der Waals surface area contributed by atoms with E-state index in [9.17, 15) is 4.79 Å². The molecule has 2 aromatic heterocycles. The molecule has 2 heterocycles. The molecule has 3 rings (SSSR count). The Kier molecular flexibility index (Phi) is 7.36. The first kappa shape index (κ1) is 22.4. The van der Waals surface area contributed by atoms with Crippen molar-refractivity contribution in [2.45, 2.75) is 39.8 Å². The number of aryl methyl sites for hydroxylation is 2. The van der Waals surface area contributed by atoms with Crippen LogP contribution < -0.4 is 10.1 Å². The van der Waals surface area contributed by atoms with Crippen LogP contribution in [0.5, 0.6) is 5.75 Å². The number of nitrogens with one attached hydrogen (secondary N) is 1. The molecule has 6 nitrogen and oxygen atoms in total. The number of aromatic nitrogens is 2. The molecule has 1 aromatic carbocycles. The van der Waals surface area contributed by atoms with E-state index in [2.05, 4.69) is 15.3 Å². The van der Waals surface area contributed by atoms with Gasteiger partial charge in [0.1, 0.15) is 11.9 Å². The normalized spacial score (nSPS) is 12.8. The minimum atomic E-state index is -0.189. The van der Waals surface area contributed by atoms with Crippen LogP contribution in [0.2, 0.25) is 0 Å². The number of hydrogen-bond acceptors (Lipinski definition) is 5. The molecule has 162 valence electrons. The number of methoxy groups -OCH3 is 1. The molecule has 0 spiro atoms. The Morgan fingerprint density at radius 2 is 1.84 bits per heavy atom. The van der Waals surface area contributed by atoms with Crippen molar-refractivity contribution in [1.29, 1.82) is 0 Å². The number of hydrogen-bond donors (Lipinski definition) is 1. The molecule has 0 bridgehead atoms. The van der Waals surface area contributed by atoms with Crippen molar-refractivity contribution in [3.05, 3.63) is 77.2 Å². The minimum Gasteiger partial charge on any atom is -0.488 e. The minimum absolute atomic E-state index is 0.153. The van der Waals surface area contributed by atoms with Gasteiger partial charge in [-0.1, -0.05) is 12.1 Å². The van der Waals surface area contributed by atoms with Crippen molar-refractivity contribution in [2.24, 2.45) is 0 Å². The van der Waals surface area contributed by atoms with Crippen LogP contribution in [0.3, 0.4) is 0 Å². The monoisotopic (exact) mass is 419 g/mol. The molecule has 0 radical (unpaired) electrons. The summed E-state index contributed by atoms with van der Waals surface area (Å²) in [5.74, 6) is 0.408. The molecule has 6 heteroatoms. The predicted molar refractivity (Wildman–Crippen MR) is 121 cm³/mol. The Balaban J connectivity index is 1.89. The van der Waals surface area contributed by atoms with Crippen LogP contribution in [0.4, 0.5) is 0 Å². The van der Waals surface area contributed by atoms with Crippen LogP contribution in [-0.2, 0) is 4.74 Å². The fraction of sp³-hybridized carbons (Fsp3) is 0.320. The number of ether oxygens (including phenoxy) is 2. The molecule has 0 fully saturated rings. The summed E-state index contributed by atoms with van der Waals surface area (Å²) in [5.41, 5.74) is 5.06. The summed E-state index contributed by atoms with van der Waals surface area (Å²) in [6.45, 7) is 8.24. The lowest BCUT2D eigenvalue weighted by atomic mass is 10.0. The number of rotatable bonds is 8. The lowest BCUT2D eigenvalue weighted by molar-refractivity contribution is 0.0908. The lowest BCUT2D eigenvalue weighted by Crippen LogP contribution is -2.27. The summed E-state index contributed by atoms with van der Waals surface area (Å²) in [6.07, 6.45) is 3.44. The summed E-state index contributed by atoms with van der Waals surface area (Å²) in [4.78, 5) is 21.9. The Labute approximate surface area is 183 Å². The van der Waals surface area contributed by atoms with Gasteiger partial charge in [0.15, 0.2) is 0 Å². The molecule has 3 aromatic rings. The second-order valence-corrected chi connectivity index (χ2v) is 7.78. The van der Waals surface area contributed by atoms with E-state index in [0.29, 0.717) is 17.9 Å². The van der Waals surface area contributed by atoms with E-state index in [1.165, 1.54) is 0 Å². The van der Waals surface area contributed by atoms with E-state index in [0.717, 1.165) is 28.1 Å². The van der Waals surface area contributed by atoms with Crippen molar-refractivity contribution < 1.29 is 14.3 Å². The van der Waals surface area contributed by atoms with Crippen molar-refractivity contribution in [1.82, 2.24) is 15.3 Å². The lowest BCUT2D eigenvalue weighted by Gasteiger charge is -2.18. The van der Waals surface area contributed by atoms with Crippen LogP contribution in [0, 0.1) is 13.8 Å². The summed E-state index contributed by atoms with van der Waals surface area (Å²) in [7, 11) is 1.63. The number of amides is 1. The van der Waals surface area contributed by atoms with E-state index >= 15 is 0 Å². The molecule has 1 amide bonds. The second kappa shape index (κ2) is 10.2. The highest BCUT2D eigenvalue weighted by atomic mass is 16.5. The van der Waals surface area contributed by atoms with Gasteiger partial charge in [-0.05, 0) is 69.2 Å². The van der Waals surface area contributed by atoms with Crippen LogP contribution in [0.15, 0.2) is 54.9 Å². The zero-order chi connectivity index (χ0) is 22.4. The smallest absolute Gasteiger partial charge is 0.251 e. The van der Waals surface area contributed by atoms with Gasteiger partial charge in [0.25, 0.3) is 5.91 Å². The van der Waals surface area contributed by atoms with Gasteiger partial charge in [0, 0.05) is 36.3 Å². The number of benzene rings is 1. The Bertz CT molecular complexity index is 1020. The first-order valence-electron chi connectivity index (χ1n) is 10.3. The molecule has 0 saturated heterocycles. The van der Waals surface area contributed by atoms with Crippen LogP contribution in [-0.4, -0.2) is 35.7 Å². The second-order valence-electron chi connectivity index (χ2n) is 7.78. The third kappa shape index (κ3) is 6.12. The standard InChI is InChI=1S/C25H29N3O3/c1-16-6-9-24(27-13-16)21-10-22(12-23(11-21)31-18(3)15-30-5)25(29)28-19(4)20-8-7-17(2)26-14-20/h6-14,18-19H,15H2,1-5H3,(H,28,29)/t18?,19-/m1/s1. The largest absolute Gasteiger partial charge is 0.488 e. The molecular formula is C25H29N3O3. The maximum atomic E-state index is 13.1. The van der Waals surface area contributed by atoms with Gasteiger partial charge in [-0.3, -0.25) is 14.8 Å². The molecular weight excluding hydrogens is 390 g/mol. The first-order valence-corrected chi connectivity index (χ1v) is 10.3. The van der Waals surface area contributed by atoms with Crippen molar-refractivity contribution in [3.8, 4) is 17.0 Å². The number of carbonyl (C=O) groups is 1. The topological polar surface area (TPSA) is 73.3 Å². The summed E-state index contributed by atoms with van der Waals surface area (Å²) in [6, 6.07) is 13.1. The highest BCUT2D eigenvalue weighted by Gasteiger charge is 2.16.